The molecule has 0 amide bonds. The maximum absolute atomic E-state index is 9.43. The van der Waals surface area contributed by atoms with Crippen LogP contribution < -0.4 is 4.74 Å². The van der Waals surface area contributed by atoms with Crippen molar-refractivity contribution in [3.05, 3.63) is 28.8 Å². The molecule has 1 heterocycles. The fourth-order valence-electron chi connectivity index (χ4n) is 2.11. The number of aliphatic hydroxyl groups excluding tert-OH is 1. The lowest BCUT2D eigenvalue weighted by Crippen LogP contribution is -2.43. The Labute approximate surface area is 106 Å². The minimum Gasteiger partial charge on any atom is -0.462 e. The first-order valence-electron chi connectivity index (χ1n) is 5.91. The Morgan fingerprint density at radius 2 is 2.06 bits per heavy atom. The number of hydrogen-bond donors (Lipinski definition) is 1. The maximum atomic E-state index is 9.43. The highest BCUT2D eigenvalue weighted by atomic mass is 35.5. The number of ether oxygens (including phenoxy) is 2. The number of rotatable bonds is 3. The Morgan fingerprint density at radius 3 is 2.65 bits per heavy atom. The van der Waals surface area contributed by atoms with Crippen LogP contribution in [0.2, 0.25) is 5.02 Å². The van der Waals surface area contributed by atoms with E-state index in [0.717, 1.165) is 24.2 Å². The van der Waals surface area contributed by atoms with Crippen molar-refractivity contribution >= 4 is 11.6 Å². The number of halogens is 1. The Morgan fingerprint density at radius 1 is 1.35 bits per heavy atom. The lowest BCUT2D eigenvalue weighted by Gasteiger charge is -2.41. The molecule has 0 spiro atoms. The zero-order valence-electron chi connectivity index (χ0n) is 10.1. The molecule has 0 aromatic heterocycles. The zero-order chi connectivity index (χ0) is 12.5. The molecule has 4 heteroatoms. The summed E-state index contributed by atoms with van der Waals surface area (Å²) in [5.74, 6) is 0.122. The van der Waals surface area contributed by atoms with E-state index < -0.39 is 5.79 Å². The van der Waals surface area contributed by atoms with Gasteiger partial charge in [0.05, 0.1) is 6.61 Å². The molecular weight excluding hydrogens is 240 g/mol. The molecule has 0 saturated carbocycles. The molecule has 1 aliphatic heterocycles. The molecule has 2 rings (SSSR count). The van der Waals surface area contributed by atoms with Crippen LogP contribution in [0.15, 0.2) is 18.2 Å². The third kappa shape index (κ3) is 2.28. The minimum absolute atomic E-state index is 0.0710. The van der Waals surface area contributed by atoms with E-state index >= 15 is 0 Å². The first-order chi connectivity index (χ1) is 8.14. The first-order valence-corrected chi connectivity index (χ1v) is 6.29. The highest BCUT2D eigenvalue weighted by Gasteiger charge is 2.39. The third-order valence-corrected chi connectivity index (χ3v) is 3.45. The summed E-state index contributed by atoms with van der Waals surface area (Å²) in [6.45, 7) is 3.95. The van der Waals surface area contributed by atoms with E-state index in [1.807, 2.05) is 19.9 Å². The van der Waals surface area contributed by atoms with Crippen LogP contribution in [-0.4, -0.2) is 17.5 Å². The van der Waals surface area contributed by atoms with Gasteiger partial charge in [0, 0.05) is 23.4 Å². The molecule has 0 unspecified atom stereocenters. The van der Waals surface area contributed by atoms with Gasteiger partial charge in [-0.1, -0.05) is 25.4 Å². The van der Waals surface area contributed by atoms with Crippen LogP contribution in [0.5, 0.6) is 5.75 Å². The summed E-state index contributed by atoms with van der Waals surface area (Å²) in [4.78, 5) is 0. The van der Waals surface area contributed by atoms with Crippen LogP contribution in [0.1, 0.15) is 38.4 Å². The number of benzene rings is 1. The lowest BCUT2D eigenvalue weighted by atomic mass is 10.0. The molecule has 1 N–H and O–H groups in total. The maximum Gasteiger partial charge on any atom is 0.210 e. The fourth-order valence-corrected chi connectivity index (χ4v) is 2.29. The molecule has 1 aliphatic rings. The summed E-state index contributed by atoms with van der Waals surface area (Å²) in [7, 11) is 0. The average Bonchev–Trinajstić information content (AvgIpc) is 2.37. The van der Waals surface area contributed by atoms with Crippen LogP contribution in [0.3, 0.4) is 0 Å². The number of hydrogen-bond acceptors (Lipinski definition) is 3. The quantitative estimate of drug-likeness (QED) is 0.902. The number of fused-ring (bicyclic) bond motifs is 1. The van der Waals surface area contributed by atoms with E-state index in [2.05, 4.69) is 0 Å². The Balaban J connectivity index is 2.42. The molecule has 0 fully saturated rings. The van der Waals surface area contributed by atoms with Crippen LogP contribution >= 0.6 is 11.6 Å². The van der Waals surface area contributed by atoms with Gasteiger partial charge in [0.15, 0.2) is 0 Å². The largest absolute Gasteiger partial charge is 0.462 e. The van der Waals surface area contributed by atoms with Crippen molar-refractivity contribution in [2.45, 2.75) is 38.6 Å². The highest BCUT2D eigenvalue weighted by Crippen LogP contribution is 2.42. The van der Waals surface area contributed by atoms with Crippen LogP contribution in [-0.2, 0) is 4.74 Å². The lowest BCUT2D eigenvalue weighted by molar-refractivity contribution is -0.239. The Bertz CT molecular complexity index is 402. The van der Waals surface area contributed by atoms with E-state index in [1.165, 1.54) is 0 Å². The predicted molar refractivity (Wildman–Crippen MR) is 66.3 cm³/mol. The van der Waals surface area contributed by atoms with Gasteiger partial charge in [0.25, 0.3) is 0 Å². The van der Waals surface area contributed by atoms with Gasteiger partial charge in [0.2, 0.25) is 5.79 Å². The van der Waals surface area contributed by atoms with Crippen molar-refractivity contribution in [2.75, 3.05) is 6.61 Å². The molecule has 0 bridgehead atoms. The van der Waals surface area contributed by atoms with E-state index in [-0.39, 0.29) is 12.7 Å². The summed E-state index contributed by atoms with van der Waals surface area (Å²) < 4.78 is 11.8. The van der Waals surface area contributed by atoms with Crippen molar-refractivity contribution in [1.82, 2.24) is 0 Å². The third-order valence-electron chi connectivity index (χ3n) is 3.21. The predicted octanol–water partition coefficient (Wildman–Crippen LogP) is 3.30. The monoisotopic (exact) mass is 256 g/mol. The van der Waals surface area contributed by atoms with Gasteiger partial charge in [-0.3, -0.25) is 0 Å². The molecule has 0 saturated heterocycles. The van der Waals surface area contributed by atoms with Crippen LogP contribution in [0.4, 0.5) is 0 Å². The molecule has 1 aromatic rings. The average molecular weight is 257 g/mol. The minimum atomic E-state index is -0.631. The number of aliphatic hydroxyl groups is 1. The van der Waals surface area contributed by atoms with Gasteiger partial charge in [-0.05, 0) is 18.2 Å². The topological polar surface area (TPSA) is 38.7 Å². The second-order valence-electron chi connectivity index (χ2n) is 4.19. The van der Waals surface area contributed by atoms with Crippen molar-refractivity contribution in [3.8, 4) is 5.75 Å². The molecule has 3 nitrogen and oxygen atoms in total. The molecule has 1 aromatic carbocycles. The molecular formula is C13H17ClO3. The first kappa shape index (κ1) is 12.7. The Hall–Kier alpha value is -0.770. The van der Waals surface area contributed by atoms with Crippen molar-refractivity contribution < 1.29 is 14.6 Å². The van der Waals surface area contributed by atoms with E-state index in [1.54, 1.807) is 12.1 Å². The van der Waals surface area contributed by atoms with Gasteiger partial charge < -0.3 is 14.6 Å². The fraction of sp³-hybridized carbons (Fsp3) is 0.538. The summed E-state index contributed by atoms with van der Waals surface area (Å²) in [5, 5.41) is 10.0. The van der Waals surface area contributed by atoms with E-state index in [0.29, 0.717) is 5.02 Å². The van der Waals surface area contributed by atoms with Gasteiger partial charge in [-0.15, -0.1) is 0 Å². The second-order valence-corrected chi connectivity index (χ2v) is 4.63. The molecule has 0 radical (unpaired) electrons. The zero-order valence-corrected chi connectivity index (χ0v) is 10.8. The second kappa shape index (κ2) is 4.84. The summed E-state index contributed by atoms with van der Waals surface area (Å²) >= 11 is 5.95. The van der Waals surface area contributed by atoms with Crippen molar-refractivity contribution in [2.24, 2.45) is 0 Å². The SMILES string of the molecule is CCC1(CC)Oc2ccc(Cl)cc2[C@@H](CO)O1. The van der Waals surface area contributed by atoms with Crippen molar-refractivity contribution in [3.63, 3.8) is 0 Å². The van der Waals surface area contributed by atoms with Gasteiger partial charge >= 0.3 is 0 Å². The summed E-state index contributed by atoms with van der Waals surface area (Å²) in [6, 6.07) is 5.41. The molecule has 17 heavy (non-hydrogen) atoms. The summed E-state index contributed by atoms with van der Waals surface area (Å²) in [6.07, 6.45) is 1.11. The van der Waals surface area contributed by atoms with Crippen LogP contribution in [0, 0.1) is 0 Å². The molecule has 0 aliphatic carbocycles. The smallest absolute Gasteiger partial charge is 0.210 e. The van der Waals surface area contributed by atoms with Crippen molar-refractivity contribution in [1.29, 1.82) is 0 Å². The summed E-state index contributed by atoms with van der Waals surface area (Å²) in [5.41, 5.74) is 0.817. The molecule has 1 atom stereocenters. The van der Waals surface area contributed by atoms with E-state index in [4.69, 9.17) is 21.1 Å². The highest BCUT2D eigenvalue weighted by molar-refractivity contribution is 6.30. The van der Waals surface area contributed by atoms with E-state index in [9.17, 15) is 5.11 Å². The van der Waals surface area contributed by atoms with Gasteiger partial charge in [-0.2, -0.15) is 0 Å². The standard InChI is InChI=1S/C13H17ClO3/c1-3-13(4-2)16-11-6-5-9(14)7-10(11)12(8-15)17-13/h5-7,12,15H,3-4,8H2,1-2H3/t12-/m1/s1. The Kier molecular flexibility index (Phi) is 3.61. The van der Waals surface area contributed by atoms with Gasteiger partial charge in [-0.25, -0.2) is 0 Å². The normalized spacial score (nSPS) is 21.8. The van der Waals surface area contributed by atoms with Gasteiger partial charge in [0.1, 0.15) is 11.9 Å². The van der Waals surface area contributed by atoms with Crippen LogP contribution in [0.25, 0.3) is 0 Å². The molecule has 94 valence electrons.